The number of ether oxygens (including phenoxy) is 3. The molecule has 0 aliphatic carbocycles. The van der Waals surface area contributed by atoms with Gasteiger partial charge in [-0.05, 0) is 24.1 Å². The van der Waals surface area contributed by atoms with Crippen molar-refractivity contribution >= 4 is 17.5 Å². The van der Waals surface area contributed by atoms with E-state index in [0.29, 0.717) is 18.9 Å². The van der Waals surface area contributed by atoms with Gasteiger partial charge in [0.15, 0.2) is 11.9 Å². The van der Waals surface area contributed by atoms with Crippen molar-refractivity contribution in [2.45, 2.75) is 31.3 Å². The maximum atomic E-state index is 13.3. The Labute approximate surface area is 145 Å². The molecule has 3 saturated heterocycles. The van der Waals surface area contributed by atoms with Gasteiger partial charge in [-0.1, -0.05) is 31.2 Å². The molecule has 2 amide bonds. The second-order valence-corrected chi connectivity index (χ2v) is 6.87. The zero-order chi connectivity index (χ0) is 17.2. The molecule has 6 heteroatoms. The Morgan fingerprint density at radius 2 is 1.92 bits per heavy atom. The molecule has 4 aliphatic heterocycles. The predicted octanol–water partition coefficient (Wildman–Crippen LogP) is 1.43. The molecule has 5 rings (SSSR count). The van der Waals surface area contributed by atoms with E-state index in [4.69, 9.17) is 14.2 Å². The number of amides is 2. The number of imide groups is 1. The summed E-state index contributed by atoms with van der Waals surface area (Å²) >= 11 is 0. The third kappa shape index (κ3) is 1.84. The molecule has 1 aromatic carbocycles. The van der Waals surface area contributed by atoms with E-state index in [9.17, 15) is 9.59 Å². The van der Waals surface area contributed by atoms with Crippen LogP contribution in [0.5, 0.6) is 0 Å². The normalized spacial score (nSPS) is 36.7. The summed E-state index contributed by atoms with van der Waals surface area (Å²) in [6.07, 6.45) is 3.44. The number of aryl methyl sites for hydroxylation is 1. The zero-order valence-corrected chi connectivity index (χ0v) is 13.9. The van der Waals surface area contributed by atoms with E-state index in [1.54, 1.807) is 0 Å². The number of carbonyl (C=O) groups excluding carboxylic acids is 2. The molecule has 0 aromatic heterocycles. The van der Waals surface area contributed by atoms with Gasteiger partial charge in [0.05, 0.1) is 36.8 Å². The number of rotatable bonds is 3. The van der Waals surface area contributed by atoms with Gasteiger partial charge in [-0.15, -0.1) is 0 Å². The molecule has 4 heterocycles. The minimum absolute atomic E-state index is 0.190. The molecule has 0 spiro atoms. The van der Waals surface area contributed by atoms with Crippen LogP contribution in [0.2, 0.25) is 0 Å². The van der Waals surface area contributed by atoms with E-state index in [0.717, 1.165) is 12.0 Å². The minimum Gasteiger partial charge on any atom is -0.357 e. The first-order chi connectivity index (χ1) is 12.2. The van der Waals surface area contributed by atoms with Crippen molar-refractivity contribution in [3.05, 3.63) is 42.0 Å². The zero-order valence-electron chi connectivity index (χ0n) is 13.9. The van der Waals surface area contributed by atoms with E-state index in [2.05, 4.69) is 0 Å². The quantitative estimate of drug-likeness (QED) is 0.615. The number of nitrogens with zero attached hydrogens (tertiary/aromatic N) is 1. The molecular formula is C19H19NO5. The molecule has 6 nitrogen and oxygen atoms in total. The summed E-state index contributed by atoms with van der Waals surface area (Å²) in [7, 11) is 0. The largest absolute Gasteiger partial charge is 0.357 e. The van der Waals surface area contributed by atoms with Gasteiger partial charge in [-0.2, -0.15) is 0 Å². The van der Waals surface area contributed by atoms with Crippen molar-refractivity contribution in [1.29, 1.82) is 0 Å². The number of hydrogen-bond acceptors (Lipinski definition) is 5. The summed E-state index contributed by atoms with van der Waals surface area (Å²) in [4.78, 5) is 27.8. The Hall–Kier alpha value is -2.02. The second kappa shape index (κ2) is 5.24. The smallest absolute Gasteiger partial charge is 0.241 e. The topological polar surface area (TPSA) is 65.1 Å². The second-order valence-electron chi connectivity index (χ2n) is 6.87. The van der Waals surface area contributed by atoms with Gasteiger partial charge in [0.25, 0.3) is 0 Å². The van der Waals surface area contributed by atoms with E-state index in [1.165, 1.54) is 4.90 Å². The van der Waals surface area contributed by atoms with E-state index in [-0.39, 0.29) is 11.8 Å². The maximum Gasteiger partial charge on any atom is 0.241 e. The van der Waals surface area contributed by atoms with E-state index in [1.807, 2.05) is 43.3 Å². The van der Waals surface area contributed by atoms with E-state index >= 15 is 0 Å². The molecule has 25 heavy (non-hydrogen) atoms. The first kappa shape index (κ1) is 15.3. The Kier molecular flexibility index (Phi) is 3.20. The highest BCUT2D eigenvalue weighted by Crippen LogP contribution is 2.55. The van der Waals surface area contributed by atoms with Crippen LogP contribution in [0.15, 0.2) is 36.4 Å². The molecule has 0 unspecified atom stereocenters. The summed E-state index contributed by atoms with van der Waals surface area (Å²) in [5.41, 5.74) is 0.666. The summed E-state index contributed by atoms with van der Waals surface area (Å²) in [5.74, 6) is -1.51. The molecule has 4 atom stereocenters. The standard InChI is InChI=1S/C19H19NO5/c1-2-11-5-3-4-6-12(11)20-16(21)14-13-7-8-19(25-13,15(14)17(20)22)18-23-9-10-24-18/h3-8,13-15,18H,2,9-10H2,1H3/t13-,14-,15-,19-/m1/s1. The minimum atomic E-state index is -0.992. The SMILES string of the molecule is CCc1ccccc1N1C(=O)[C@@H]2[C@H]3C=C[C@@](C4OCCO4)(O3)[C@H]2C1=O. The van der Waals surface area contributed by atoms with E-state index < -0.39 is 29.8 Å². The number of carbonyl (C=O) groups is 2. The number of para-hydroxylation sites is 1. The molecule has 130 valence electrons. The van der Waals surface area contributed by atoms with Crippen molar-refractivity contribution in [1.82, 2.24) is 0 Å². The number of benzene rings is 1. The van der Waals surface area contributed by atoms with Crippen LogP contribution < -0.4 is 4.90 Å². The van der Waals surface area contributed by atoms with Crippen LogP contribution in [0, 0.1) is 11.8 Å². The summed E-state index contributed by atoms with van der Waals surface area (Å²) in [6.45, 7) is 2.95. The number of hydrogen-bond donors (Lipinski definition) is 0. The monoisotopic (exact) mass is 341 g/mol. The first-order valence-electron chi connectivity index (χ1n) is 8.73. The van der Waals surface area contributed by atoms with Gasteiger partial charge in [-0.3, -0.25) is 9.59 Å². The molecule has 0 N–H and O–H groups in total. The Bertz CT molecular complexity index is 784. The van der Waals surface area contributed by atoms with Gasteiger partial charge >= 0.3 is 0 Å². The summed E-state index contributed by atoms with van der Waals surface area (Å²) in [6, 6.07) is 7.56. The van der Waals surface area contributed by atoms with Crippen molar-refractivity contribution in [2.75, 3.05) is 18.1 Å². The van der Waals surface area contributed by atoms with Crippen LogP contribution in [0.4, 0.5) is 5.69 Å². The van der Waals surface area contributed by atoms with Crippen LogP contribution in [-0.4, -0.2) is 43.0 Å². The Morgan fingerprint density at radius 3 is 2.68 bits per heavy atom. The van der Waals surface area contributed by atoms with Crippen molar-refractivity contribution in [3.63, 3.8) is 0 Å². The van der Waals surface area contributed by atoms with Crippen molar-refractivity contribution in [2.24, 2.45) is 11.8 Å². The summed E-state index contributed by atoms with van der Waals surface area (Å²) in [5, 5.41) is 0. The summed E-state index contributed by atoms with van der Waals surface area (Å²) < 4.78 is 17.4. The van der Waals surface area contributed by atoms with Crippen LogP contribution in [-0.2, 0) is 30.2 Å². The first-order valence-corrected chi connectivity index (χ1v) is 8.73. The fourth-order valence-corrected chi connectivity index (χ4v) is 4.59. The van der Waals surface area contributed by atoms with Crippen LogP contribution in [0.25, 0.3) is 0 Å². The lowest BCUT2D eigenvalue weighted by molar-refractivity contribution is -0.180. The maximum absolute atomic E-state index is 13.3. The molecule has 0 radical (unpaired) electrons. The molecule has 4 aliphatic rings. The molecule has 1 aromatic rings. The van der Waals surface area contributed by atoms with Crippen molar-refractivity contribution in [3.8, 4) is 0 Å². The number of fused-ring (bicyclic) bond motifs is 5. The van der Waals surface area contributed by atoms with Gasteiger partial charge in [0.2, 0.25) is 11.8 Å². The molecular weight excluding hydrogens is 322 g/mol. The van der Waals surface area contributed by atoms with Crippen LogP contribution in [0.3, 0.4) is 0 Å². The highest BCUT2D eigenvalue weighted by molar-refractivity contribution is 6.23. The fourth-order valence-electron chi connectivity index (χ4n) is 4.59. The third-order valence-electron chi connectivity index (χ3n) is 5.68. The predicted molar refractivity (Wildman–Crippen MR) is 87.7 cm³/mol. The third-order valence-corrected chi connectivity index (χ3v) is 5.68. The van der Waals surface area contributed by atoms with Crippen LogP contribution >= 0.6 is 0 Å². The van der Waals surface area contributed by atoms with Gasteiger partial charge < -0.3 is 14.2 Å². The van der Waals surface area contributed by atoms with Crippen LogP contribution in [0.1, 0.15) is 12.5 Å². The van der Waals surface area contributed by atoms with Gasteiger partial charge in [0, 0.05) is 0 Å². The lowest BCUT2D eigenvalue weighted by atomic mass is 9.76. The Balaban J connectivity index is 1.58. The molecule has 2 bridgehead atoms. The lowest BCUT2D eigenvalue weighted by Gasteiger charge is -2.32. The number of anilines is 1. The highest BCUT2D eigenvalue weighted by atomic mass is 16.7. The van der Waals surface area contributed by atoms with Crippen molar-refractivity contribution < 1.29 is 23.8 Å². The lowest BCUT2D eigenvalue weighted by Crippen LogP contribution is -2.49. The Morgan fingerprint density at radius 1 is 1.16 bits per heavy atom. The molecule has 3 fully saturated rings. The fraction of sp³-hybridized carbons (Fsp3) is 0.474. The van der Waals surface area contributed by atoms with Gasteiger partial charge in [0.1, 0.15) is 0 Å². The average Bonchev–Trinajstić information content (AvgIpc) is 3.38. The average molecular weight is 341 g/mol. The highest BCUT2D eigenvalue weighted by Gasteiger charge is 2.71. The van der Waals surface area contributed by atoms with Gasteiger partial charge in [-0.25, -0.2) is 4.90 Å². The molecule has 0 saturated carbocycles.